The minimum absolute atomic E-state index is 0.122. The number of aromatic nitrogens is 4. The molecule has 0 aliphatic carbocycles. The van der Waals surface area contributed by atoms with E-state index in [-0.39, 0.29) is 11.9 Å². The lowest BCUT2D eigenvalue weighted by atomic mass is 10.2. The van der Waals surface area contributed by atoms with E-state index in [9.17, 15) is 4.39 Å². The van der Waals surface area contributed by atoms with Crippen molar-refractivity contribution in [2.75, 3.05) is 19.7 Å². The third-order valence-corrected chi connectivity index (χ3v) is 4.18. The second-order valence-electron chi connectivity index (χ2n) is 5.79. The average Bonchev–Trinajstić information content (AvgIpc) is 3.20. The number of fused-ring (bicyclic) bond motifs is 1. The van der Waals surface area contributed by atoms with Crippen molar-refractivity contribution in [1.29, 1.82) is 0 Å². The van der Waals surface area contributed by atoms with Crippen molar-refractivity contribution in [3.8, 4) is 0 Å². The van der Waals surface area contributed by atoms with E-state index in [1.54, 1.807) is 12.4 Å². The maximum atomic E-state index is 13.3. The van der Waals surface area contributed by atoms with E-state index < -0.39 is 0 Å². The van der Waals surface area contributed by atoms with E-state index >= 15 is 0 Å². The number of benzene rings is 1. The van der Waals surface area contributed by atoms with E-state index in [1.165, 1.54) is 12.1 Å². The molecule has 0 amide bonds. The lowest BCUT2D eigenvalue weighted by Gasteiger charge is -2.31. The van der Waals surface area contributed by atoms with E-state index in [4.69, 9.17) is 9.15 Å². The van der Waals surface area contributed by atoms with Crippen molar-refractivity contribution in [2.45, 2.75) is 26.1 Å². The van der Waals surface area contributed by atoms with Gasteiger partial charge in [-0.15, -0.1) is 10.2 Å². The van der Waals surface area contributed by atoms with Gasteiger partial charge in [-0.2, -0.15) is 0 Å². The minimum atomic E-state index is -0.312. The topological polar surface area (TPSA) is 69.2 Å². The smallest absolute Gasteiger partial charge is 0.209 e. The first kappa shape index (κ1) is 15.2. The number of halogens is 1. The van der Waals surface area contributed by atoms with Gasteiger partial charge in [0.25, 0.3) is 0 Å². The van der Waals surface area contributed by atoms with Gasteiger partial charge < -0.3 is 13.7 Å². The molecule has 1 aromatic carbocycles. The molecule has 0 unspecified atom stereocenters. The number of nitrogens with zero attached hydrogens (tertiary/aromatic N) is 5. The number of rotatable bonds is 4. The maximum Gasteiger partial charge on any atom is 0.209 e. The highest BCUT2D eigenvalue weighted by molar-refractivity contribution is 5.72. The van der Waals surface area contributed by atoms with Crippen LogP contribution in [-0.4, -0.2) is 44.3 Å². The van der Waals surface area contributed by atoms with Crippen LogP contribution in [0.5, 0.6) is 0 Å². The van der Waals surface area contributed by atoms with Crippen LogP contribution in [0, 0.1) is 5.82 Å². The average molecular weight is 331 g/mol. The van der Waals surface area contributed by atoms with Crippen molar-refractivity contribution in [2.24, 2.45) is 0 Å². The highest BCUT2D eigenvalue weighted by Gasteiger charge is 2.26. The van der Waals surface area contributed by atoms with Gasteiger partial charge in [0.2, 0.25) is 5.89 Å². The molecule has 1 aliphatic heterocycles. The molecule has 1 aliphatic rings. The molecule has 24 heavy (non-hydrogen) atoms. The summed E-state index contributed by atoms with van der Waals surface area (Å²) in [5, 5.41) is 8.14. The van der Waals surface area contributed by atoms with Crippen LogP contribution in [0.25, 0.3) is 11.1 Å². The fourth-order valence-corrected chi connectivity index (χ4v) is 2.97. The molecule has 1 atom stereocenters. The van der Waals surface area contributed by atoms with Crippen LogP contribution in [0.2, 0.25) is 0 Å². The molecule has 8 heteroatoms. The summed E-state index contributed by atoms with van der Waals surface area (Å²) in [5.41, 5.74) is 1.14. The molecule has 1 saturated heterocycles. The molecule has 0 spiro atoms. The number of morpholine rings is 1. The molecular formula is C16H18FN5O2. The largest absolute Gasteiger partial charge is 0.439 e. The van der Waals surface area contributed by atoms with E-state index in [0.29, 0.717) is 36.7 Å². The summed E-state index contributed by atoms with van der Waals surface area (Å²) in [6, 6.07) is 4.36. The van der Waals surface area contributed by atoms with Crippen LogP contribution >= 0.6 is 0 Å². The summed E-state index contributed by atoms with van der Waals surface area (Å²) in [4.78, 5) is 6.57. The summed E-state index contributed by atoms with van der Waals surface area (Å²) >= 11 is 0. The summed E-state index contributed by atoms with van der Waals surface area (Å²) in [6.45, 7) is 5.48. The SMILES string of the molecule is CCn1cnnc1[C@@H]1CN(Cc2nc3cc(F)ccc3o2)CCO1. The van der Waals surface area contributed by atoms with Gasteiger partial charge in [-0.3, -0.25) is 4.90 Å². The van der Waals surface area contributed by atoms with Gasteiger partial charge in [-0.25, -0.2) is 9.37 Å². The Bertz CT molecular complexity index is 846. The fraction of sp³-hybridized carbons (Fsp3) is 0.438. The van der Waals surface area contributed by atoms with Crippen molar-refractivity contribution in [3.05, 3.63) is 42.1 Å². The number of aryl methyl sites for hydroxylation is 1. The Morgan fingerprint density at radius 2 is 2.29 bits per heavy atom. The Labute approximate surface area is 138 Å². The van der Waals surface area contributed by atoms with Crippen molar-refractivity contribution < 1.29 is 13.5 Å². The Morgan fingerprint density at radius 3 is 3.17 bits per heavy atom. The fourth-order valence-electron chi connectivity index (χ4n) is 2.97. The van der Waals surface area contributed by atoms with Gasteiger partial charge in [0.15, 0.2) is 11.4 Å². The highest BCUT2D eigenvalue weighted by Crippen LogP contribution is 2.23. The summed E-state index contributed by atoms with van der Waals surface area (Å²) in [7, 11) is 0. The van der Waals surface area contributed by atoms with Gasteiger partial charge >= 0.3 is 0 Å². The first-order valence-electron chi connectivity index (χ1n) is 7.99. The molecule has 3 aromatic rings. The molecule has 7 nitrogen and oxygen atoms in total. The van der Waals surface area contributed by atoms with E-state index in [0.717, 1.165) is 18.9 Å². The zero-order valence-electron chi connectivity index (χ0n) is 13.4. The summed E-state index contributed by atoms with van der Waals surface area (Å²) < 4.78 is 26.8. The first-order chi connectivity index (χ1) is 11.7. The Hall–Kier alpha value is -2.32. The minimum Gasteiger partial charge on any atom is -0.439 e. The highest BCUT2D eigenvalue weighted by atomic mass is 19.1. The molecular weight excluding hydrogens is 313 g/mol. The predicted molar refractivity (Wildman–Crippen MR) is 83.6 cm³/mol. The van der Waals surface area contributed by atoms with E-state index in [2.05, 4.69) is 20.1 Å². The van der Waals surface area contributed by atoms with Crippen molar-refractivity contribution >= 4 is 11.1 Å². The van der Waals surface area contributed by atoms with Gasteiger partial charge in [-0.1, -0.05) is 0 Å². The Balaban J connectivity index is 1.49. The van der Waals surface area contributed by atoms with Crippen LogP contribution in [0.4, 0.5) is 4.39 Å². The number of oxazole rings is 1. The monoisotopic (exact) mass is 331 g/mol. The van der Waals surface area contributed by atoms with Crippen molar-refractivity contribution in [1.82, 2.24) is 24.6 Å². The van der Waals surface area contributed by atoms with Gasteiger partial charge in [0.05, 0.1) is 13.2 Å². The maximum absolute atomic E-state index is 13.3. The molecule has 0 saturated carbocycles. The summed E-state index contributed by atoms with van der Waals surface area (Å²) in [6.07, 6.45) is 1.59. The van der Waals surface area contributed by atoms with Gasteiger partial charge in [0.1, 0.15) is 23.8 Å². The Kier molecular flexibility index (Phi) is 3.99. The van der Waals surface area contributed by atoms with Gasteiger partial charge in [0, 0.05) is 25.7 Å². The molecule has 0 bridgehead atoms. The molecule has 0 N–H and O–H groups in total. The van der Waals surface area contributed by atoms with Crippen LogP contribution in [-0.2, 0) is 17.8 Å². The molecule has 0 radical (unpaired) electrons. The normalized spacial score (nSPS) is 19.2. The van der Waals surface area contributed by atoms with Crippen LogP contribution in [0.3, 0.4) is 0 Å². The quantitative estimate of drug-likeness (QED) is 0.730. The van der Waals surface area contributed by atoms with Crippen LogP contribution in [0.15, 0.2) is 28.9 Å². The number of ether oxygens (including phenoxy) is 1. The van der Waals surface area contributed by atoms with Crippen molar-refractivity contribution in [3.63, 3.8) is 0 Å². The van der Waals surface area contributed by atoms with Crippen LogP contribution in [0.1, 0.15) is 24.7 Å². The molecule has 3 heterocycles. The molecule has 4 rings (SSSR count). The van der Waals surface area contributed by atoms with E-state index in [1.807, 2.05) is 11.5 Å². The second-order valence-corrected chi connectivity index (χ2v) is 5.79. The predicted octanol–water partition coefficient (Wildman–Crippen LogP) is 2.15. The Morgan fingerprint density at radius 1 is 1.38 bits per heavy atom. The number of hydrogen-bond donors (Lipinski definition) is 0. The molecule has 1 fully saturated rings. The van der Waals surface area contributed by atoms with Crippen LogP contribution < -0.4 is 0 Å². The van der Waals surface area contributed by atoms with Gasteiger partial charge in [-0.05, 0) is 19.1 Å². The standard InChI is InChI=1S/C16H18FN5O2/c1-2-22-10-18-20-16(22)14-8-21(5-6-23-14)9-15-19-12-7-11(17)3-4-13(12)24-15/h3-4,7,10,14H,2,5-6,8-9H2,1H3/t14-/m0/s1. The lowest BCUT2D eigenvalue weighted by molar-refractivity contribution is -0.0408. The third-order valence-electron chi connectivity index (χ3n) is 4.18. The lowest BCUT2D eigenvalue weighted by Crippen LogP contribution is -2.38. The number of hydrogen-bond acceptors (Lipinski definition) is 6. The molecule has 126 valence electrons. The summed E-state index contributed by atoms with van der Waals surface area (Å²) in [5.74, 6) is 1.10. The first-order valence-corrected chi connectivity index (χ1v) is 7.99. The third kappa shape index (κ3) is 2.90. The second kappa shape index (κ2) is 6.29. The zero-order chi connectivity index (χ0) is 16.5. The zero-order valence-corrected chi connectivity index (χ0v) is 13.4. The molecule has 2 aromatic heterocycles.